The van der Waals surface area contributed by atoms with Crippen LogP contribution in [0.4, 0.5) is 15.9 Å². The molecule has 0 aliphatic heterocycles. The molecule has 0 atom stereocenters. The smallest absolute Gasteiger partial charge is 0.180 e. The normalized spacial score (nSPS) is 11.0. The largest absolute Gasteiger partial charge is 0.487 e. The summed E-state index contributed by atoms with van der Waals surface area (Å²) < 4.78 is 20.3. The van der Waals surface area contributed by atoms with Gasteiger partial charge in [0.2, 0.25) is 0 Å². The van der Waals surface area contributed by atoms with Gasteiger partial charge >= 0.3 is 0 Å². The number of hydrogen-bond acceptors (Lipinski definition) is 6. The first-order chi connectivity index (χ1) is 14.5. The van der Waals surface area contributed by atoms with Crippen molar-refractivity contribution < 1.29 is 9.13 Å². The number of nitrogens with zero attached hydrogens (tertiary/aromatic N) is 4. The Morgan fingerprint density at radius 3 is 2.80 bits per heavy atom. The van der Waals surface area contributed by atoms with Crippen molar-refractivity contribution >= 4 is 23.1 Å². The van der Waals surface area contributed by atoms with Crippen molar-refractivity contribution in [2.75, 3.05) is 32.1 Å². The number of anilines is 2. The Morgan fingerprint density at radius 2 is 2.03 bits per heavy atom. The number of pyridine rings is 1. The Balaban J connectivity index is 1.91. The highest BCUT2D eigenvalue weighted by molar-refractivity contribution is 6.30. The van der Waals surface area contributed by atoms with Crippen LogP contribution in [0.15, 0.2) is 42.9 Å². The molecule has 0 radical (unpaired) electrons. The minimum atomic E-state index is -0.444. The minimum Gasteiger partial charge on any atom is -0.487 e. The third kappa shape index (κ3) is 5.64. The lowest BCUT2D eigenvalue weighted by molar-refractivity contribution is 0.237. The molecule has 2 aromatic heterocycles. The Kier molecular flexibility index (Phi) is 7.54. The summed E-state index contributed by atoms with van der Waals surface area (Å²) >= 11 is 6.04. The molecule has 0 spiro atoms. The lowest BCUT2D eigenvalue weighted by Crippen LogP contribution is -2.25. The predicted molar refractivity (Wildman–Crippen MR) is 118 cm³/mol. The number of aryl methyl sites for hydroxylation is 1. The van der Waals surface area contributed by atoms with E-state index in [0.29, 0.717) is 23.2 Å². The number of likely N-dealkylation sites (N-methyl/N-ethyl adjacent to an activating group) is 1. The second kappa shape index (κ2) is 10.3. The van der Waals surface area contributed by atoms with E-state index in [1.807, 2.05) is 20.0 Å². The third-order valence-electron chi connectivity index (χ3n) is 4.53. The van der Waals surface area contributed by atoms with Crippen molar-refractivity contribution in [1.82, 2.24) is 19.9 Å². The number of aromatic nitrogens is 3. The van der Waals surface area contributed by atoms with Crippen molar-refractivity contribution in [2.45, 2.75) is 20.3 Å². The summed E-state index contributed by atoms with van der Waals surface area (Å²) in [5, 5.41) is 3.67. The quantitative estimate of drug-likeness (QED) is 0.510. The molecule has 0 fully saturated rings. The van der Waals surface area contributed by atoms with Crippen molar-refractivity contribution in [3.05, 3.63) is 59.3 Å². The molecule has 1 N–H and O–H groups in total. The topological polar surface area (TPSA) is 63.2 Å². The molecule has 30 heavy (non-hydrogen) atoms. The third-order valence-corrected chi connectivity index (χ3v) is 4.77. The van der Waals surface area contributed by atoms with Gasteiger partial charge in [-0.1, -0.05) is 18.5 Å². The lowest BCUT2D eigenvalue weighted by atomic mass is 10.2. The summed E-state index contributed by atoms with van der Waals surface area (Å²) in [6, 6.07) is 6.14. The van der Waals surface area contributed by atoms with E-state index in [2.05, 4.69) is 32.1 Å². The van der Waals surface area contributed by atoms with Crippen LogP contribution in [0.5, 0.6) is 5.75 Å². The summed E-state index contributed by atoms with van der Waals surface area (Å²) in [5.41, 5.74) is 2.00. The first-order valence-corrected chi connectivity index (χ1v) is 10.2. The molecule has 0 aliphatic rings. The molecule has 0 bridgehead atoms. The summed E-state index contributed by atoms with van der Waals surface area (Å²) in [7, 11) is 2.05. The number of ether oxygens (including phenoxy) is 1. The Labute approximate surface area is 181 Å². The summed E-state index contributed by atoms with van der Waals surface area (Å²) in [4.78, 5) is 15.1. The highest BCUT2D eigenvalue weighted by atomic mass is 35.5. The van der Waals surface area contributed by atoms with Gasteiger partial charge in [-0.25, -0.2) is 14.4 Å². The van der Waals surface area contributed by atoms with Crippen LogP contribution in [-0.2, 0) is 0 Å². The van der Waals surface area contributed by atoms with Gasteiger partial charge in [-0.05, 0) is 56.8 Å². The van der Waals surface area contributed by atoms with Crippen LogP contribution in [0.25, 0.3) is 11.4 Å². The van der Waals surface area contributed by atoms with Gasteiger partial charge in [-0.2, -0.15) is 0 Å². The minimum absolute atomic E-state index is 0.222. The first-order valence-electron chi connectivity index (χ1n) is 9.79. The van der Waals surface area contributed by atoms with Gasteiger partial charge in [0.15, 0.2) is 17.4 Å². The summed E-state index contributed by atoms with van der Waals surface area (Å²) in [6.07, 6.45) is 6.07. The molecule has 8 heteroatoms. The van der Waals surface area contributed by atoms with Gasteiger partial charge in [-0.15, -0.1) is 0 Å². The first kappa shape index (κ1) is 21.9. The fourth-order valence-corrected chi connectivity index (χ4v) is 3.08. The van der Waals surface area contributed by atoms with Crippen molar-refractivity contribution in [3.8, 4) is 17.1 Å². The van der Waals surface area contributed by atoms with Crippen LogP contribution in [-0.4, -0.2) is 46.6 Å². The standard InChI is InChI=1S/C22H25ClFN5O/c1-4-9-29(3)10-11-30-20-14-26-21(17-12-16(23)5-6-18(17)24)28-22(20)27-19-7-8-25-13-15(19)2/h5-8,12-14H,4,9-11H2,1-3H3,(H,25,26,27,28). The van der Waals surface area contributed by atoms with Crippen molar-refractivity contribution in [3.63, 3.8) is 0 Å². The number of nitrogens with one attached hydrogen (secondary N) is 1. The molecular weight excluding hydrogens is 405 g/mol. The highest BCUT2D eigenvalue weighted by Crippen LogP contribution is 2.30. The highest BCUT2D eigenvalue weighted by Gasteiger charge is 2.15. The maximum absolute atomic E-state index is 14.3. The number of hydrogen-bond donors (Lipinski definition) is 1. The molecule has 3 rings (SSSR count). The van der Waals surface area contributed by atoms with Gasteiger partial charge in [-0.3, -0.25) is 4.98 Å². The van der Waals surface area contributed by atoms with Gasteiger partial charge in [0.1, 0.15) is 12.4 Å². The van der Waals surface area contributed by atoms with E-state index < -0.39 is 5.82 Å². The van der Waals surface area contributed by atoms with E-state index in [1.54, 1.807) is 18.6 Å². The van der Waals surface area contributed by atoms with Gasteiger partial charge in [0, 0.05) is 29.6 Å². The van der Waals surface area contributed by atoms with Gasteiger partial charge in [0.25, 0.3) is 0 Å². The van der Waals surface area contributed by atoms with Crippen LogP contribution in [0.3, 0.4) is 0 Å². The van der Waals surface area contributed by atoms with Crippen LogP contribution >= 0.6 is 11.6 Å². The Bertz CT molecular complexity index is 1000. The molecule has 0 unspecified atom stereocenters. The number of rotatable bonds is 9. The molecule has 0 saturated heterocycles. The zero-order chi connectivity index (χ0) is 21.5. The molecule has 0 saturated carbocycles. The zero-order valence-electron chi connectivity index (χ0n) is 17.3. The predicted octanol–water partition coefficient (Wildman–Crippen LogP) is 5.10. The zero-order valence-corrected chi connectivity index (χ0v) is 18.1. The van der Waals surface area contributed by atoms with Crippen LogP contribution in [0, 0.1) is 12.7 Å². The lowest BCUT2D eigenvalue weighted by Gasteiger charge is -2.18. The molecular formula is C22H25ClFN5O. The van der Waals surface area contributed by atoms with Gasteiger partial charge < -0.3 is 15.0 Å². The van der Waals surface area contributed by atoms with E-state index >= 15 is 0 Å². The van der Waals surface area contributed by atoms with Crippen molar-refractivity contribution in [1.29, 1.82) is 0 Å². The van der Waals surface area contributed by atoms with E-state index in [0.717, 1.165) is 30.8 Å². The maximum Gasteiger partial charge on any atom is 0.180 e. The van der Waals surface area contributed by atoms with Gasteiger partial charge in [0.05, 0.1) is 11.8 Å². The van der Waals surface area contributed by atoms with E-state index in [4.69, 9.17) is 16.3 Å². The molecule has 1 aromatic carbocycles. The van der Waals surface area contributed by atoms with Crippen LogP contribution in [0.2, 0.25) is 5.02 Å². The second-order valence-corrected chi connectivity index (χ2v) is 7.43. The summed E-state index contributed by atoms with van der Waals surface area (Å²) in [6.45, 7) is 6.32. The number of halogens is 2. The monoisotopic (exact) mass is 429 g/mol. The molecule has 3 aromatic rings. The fraction of sp³-hybridized carbons (Fsp3) is 0.318. The Morgan fingerprint density at radius 1 is 1.20 bits per heavy atom. The molecule has 2 heterocycles. The second-order valence-electron chi connectivity index (χ2n) is 7.00. The SMILES string of the molecule is CCCN(C)CCOc1cnc(-c2cc(Cl)ccc2F)nc1Nc1ccncc1C. The number of benzene rings is 1. The molecule has 6 nitrogen and oxygen atoms in total. The average molecular weight is 430 g/mol. The van der Waals surface area contributed by atoms with Crippen LogP contribution in [0.1, 0.15) is 18.9 Å². The Hall–Kier alpha value is -2.77. The maximum atomic E-state index is 14.3. The molecule has 158 valence electrons. The van der Waals surface area contributed by atoms with Crippen LogP contribution < -0.4 is 10.1 Å². The molecule has 0 amide bonds. The van der Waals surface area contributed by atoms with E-state index in [-0.39, 0.29) is 11.4 Å². The van der Waals surface area contributed by atoms with E-state index in [9.17, 15) is 4.39 Å². The molecule has 0 aliphatic carbocycles. The summed E-state index contributed by atoms with van der Waals surface area (Å²) in [5.74, 6) is 0.717. The van der Waals surface area contributed by atoms with Crippen molar-refractivity contribution in [2.24, 2.45) is 0 Å². The van der Waals surface area contributed by atoms with E-state index in [1.165, 1.54) is 18.2 Å². The average Bonchev–Trinajstić information content (AvgIpc) is 2.73. The fourth-order valence-electron chi connectivity index (χ4n) is 2.91.